The normalized spacial score (nSPS) is 11.5. The molecule has 0 unspecified atom stereocenters. The minimum absolute atomic E-state index is 0.103. The van der Waals surface area contributed by atoms with Crippen molar-refractivity contribution in [2.24, 2.45) is 0 Å². The molecule has 0 aliphatic heterocycles. The summed E-state index contributed by atoms with van der Waals surface area (Å²) < 4.78 is 32.7. The first kappa shape index (κ1) is 16.3. The Morgan fingerprint density at radius 3 is 2.45 bits per heavy atom. The van der Waals surface area contributed by atoms with Crippen LogP contribution in [0.1, 0.15) is 30.9 Å². The van der Waals surface area contributed by atoms with Crippen LogP contribution < -0.4 is 9.46 Å². The fraction of sp³-hybridized carbons (Fsp3) is 0.312. The highest BCUT2D eigenvalue weighted by Crippen LogP contribution is 2.29. The Labute approximate surface area is 131 Å². The Morgan fingerprint density at radius 2 is 1.91 bits per heavy atom. The Hall–Kier alpha value is -2.08. The maximum atomic E-state index is 12.5. The summed E-state index contributed by atoms with van der Waals surface area (Å²) in [6.07, 6.45) is 1.29. The number of rotatable bonds is 5. The molecule has 0 atom stereocenters. The van der Waals surface area contributed by atoms with Gasteiger partial charge in [-0.15, -0.1) is 0 Å². The zero-order valence-electron chi connectivity index (χ0n) is 13.1. The lowest BCUT2D eigenvalue weighted by atomic mass is 9.99. The number of hydrogen-bond acceptors (Lipinski definition) is 4. The van der Waals surface area contributed by atoms with E-state index in [1.165, 1.54) is 25.4 Å². The van der Waals surface area contributed by atoms with Crippen LogP contribution in [0.5, 0.6) is 5.88 Å². The maximum absolute atomic E-state index is 12.5. The Balaban J connectivity index is 2.40. The first-order valence-electron chi connectivity index (χ1n) is 6.97. The molecular formula is C16H20N2O3S. The van der Waals surface area contributed by atoms with Crippen molar-refractivity contribution < 1.29 is 13.2 Å². The van der Waals surface area contributed by atoms with Gasteiger partial charge in [-0.2, -0.15) is 0 Å². The average Bonchev–Trinajstić information content (AvgIpc) is 2.49. The van der Waals surface area contributed by atoms with Crippen molar-refractivity contribution in [3.05, 3.63) is 47.7 Å². The molecule has 2 rings (SSSR count). The summed E-state index contributed by atoms with van der Waals surface area (Å²) in [4.78, 5) is 4.05. The van der Waals surface area contributed by atoms with E-state index in [-0.39, 0.29) is 10.8 Å². The minimum atomic E-state index is -3.68. The van der Waals surface area contributed by atoms with Crippen LogP contribution in [-0.4, -0.2) is 20.5 Å². The van der Waals surface area contributed by atoms with Gasteiger partial charge in [0.1, 0.15) is 4.90 Å². The molecule has 0 spiro atoms. The molecule has 1 N–H and O–H groups in total. The Bertz CT molecular complexity index is 753. The predicted octanol–water partition coefficient (Wildman–Crippen LogP) is 3.32. The number of methoxy groups -OCH3 is 1. The number of para-hydroxylation sites is 1. The lowest BCUT2D eigenvalue weighted by Gasteiger charge is -2.17. The fourth-order valence-electron chi connectivity index (χ4n) is 2.15. The molecule has 0 radical (unpaired) electrons. The third-order valence-electron chi connectivity index (χ3n) is 3.39. The topological polar surface area (TPSA) is 68.3 Å². The SMILES string of the molecule is COc1ccc(S(=O)(=O)Nc2c(C)cccc2C(C)C)cn1. The van der Waals surface area contributed by atoms with E-state index in [0.29, 0.717) is 11.6 Å². The summed E-state index contributed by atoms with van der Waals surface area (Å²) in [5, 5.41) is 0. The van der Waals surface area contributed by atoms with Gasteiger partial charge in [-0.05, 0) is 30.0 Å². The molecule has 1 aromatic carbocycles. The second-order valence-electron chi connectivity index (χ2n) is 5.34. The van der Waals surface area contributed by atoms with E-state index < -0.39 is 10.0 Å². The number of benzene rings is 1. The van der Waals surface area contributed by atoms with Crippen molar-refractivity contribution in [3.63, 3.8) is 0 Å². The minimum Gasteiger partial charge on any atom is -0.481 e. The van der Waals surface area contributed by atoms with Gasteiger partial charge in [-0.3, -0.25) is 4.72 Å². The highest BCUT2D eigenvalue weighted by Gasteiger charge is 2.19. The molecule has 22 heavy (non-hydrogen) atoms. The zero-order chi connectivity index (χ0) is 16.3. The van der Waals surface area contributed by atoms with Crippen molar-refractivity contribution >= 4 is 15.7 Å². The van der Waals surface area contributed by atoms with E-state index in [2.05, 4.69) is 9.71 Å². The summed E-state index contributed by atoms with van der Waals surface area (Å²) in [6, 6.07) is 8.74. The fourth-order valence-corrected chi connectivity index (χ4v) is 3.25. The van der Waals surface area contributed by atoms with Crippen LogP contribution in [0.2, 0.25) is 0 Å². The molecule has 0 bridgehead atoms. The largest absolute Gasteiger partial charge is 0.481 e. The quantitative estimate of drug-likeness (QED) is 0.917. The maximum Gasteiger partial charge on any atom is 0.263 e. The zero-order valence-corrected chi connectivity index (χ0v) is 13.9. The molecule has 1 heterocycles. The van der Waals surface area contributed by atoms with Crippen molar-refractivity contribution in [1.82, 2.24) is 4.98 Å². The van der Waals surface area contributed by atoms with E-state index in [1.54, 1.807) is 0 Å². The number of pyridine rings is 1. The third-order valence-corrected chi connectivity index (χ3v) is 4.73. The van der Waals surface area contributed by atoms with Gasteiger partial charge in [0.25, 0.3) is 10.0 Å². The molecule has 0 fully saturated rings. The van der Waals surface area contributed by atoms with Crippen LogP contribution in [0.15, 0.2) is 41.4 Å². The summed E-state index contributed by atoms with van der Waals surface area (Å²) in [5.74, 6) is 0.587. The monoisotopic (exact) mass is 320 g/mol. The lowest BCUT2D eigenvalue weighted by Crippen LogP contribution is -2.16. The van der Waals surface area contributed by atoms with E-state index in [9.17, 15) is 8.42 Å². The van der Waals surface area contributed by atoms with E-state index in [0.717, 1.165) is 11.1 Å². The van der Waals surface area contributed by atoms with Gasteiger partial charge in [0, 0.05) is 6.07 Å². The van der Waals surface area contributed by atoms with Crippen LogP contribution in [-0.2, 0) is 10.0 Å². The van der Waals surface area contributed by atoms with Crippen LogP contribution >= 0.6 is 0 Å². The molecule has 6 heteroatoms. The van der Waals surface area contributed by atoms with Crippen molar-refractivity contribution in [2.75, 3.05) is 11.8 Å². The van der Waals surface area contributed by atoms with Gasteiger partial charge in [0.15, 0.2) is 0 Å². The van der Waals surface area contributed by atoms with Gasteiger partial charge < -0.3 is 4.74 Å². The van der Waals surface area contributed by atoms with E-state index in [4.69, 9.17) is 4.74 Å². The van der Waals surface area contributed by atoms with Crippen LogP contribution in [0, 0.1) is 6.92 Å². The summed E-state index contributed by atoms with van der Waals surface area (Å²) in [7, 11) is -2.20. The molecule has 1 aromatic heterocycles. The summed E-state index contributed by atoms with van der Waals surface area (Å²) >= 11 is 0. The predicted molar refractivity (Wildman–Crippen MR) is 86.9 cm³/mol. The summed E-state index contributed by atoms with van der Waals surface area (Å²) in [6.45, 7) is 5.94. The molecule has 0 aliphatic carbocycles. The van der Waals surface area contributed by atoms with E-state index >= 15 is 0 Å². The number of anilines is 1. The first-order valence-corrected chi connectivity index (χ1v) is 8.46. The smallest absolute Gasteiger partial charge is 0.263 e. The number of sulfonamides is 1. The molecule has 5 nitrogen and oxygen atoms in total. The molecular weight excluding hydrogens is 300 g/mol. The van der Waals surface area contributed by atoms with Crippen molar-refractivity contribution in [3.8, 4) is 5.88 Å². The molecule has 0 amide bonds. The molecule has 118 valence electrons. The number of hydrogen-bond donors (Lipinski definition) is 1. The lowest BCUT2D eigenvalue weighted by molar-refractivity contribution is 0.397. The average molecular weight is 320 g/mol. The number of aryl methyl sites for hydroxylation is 1. The highest BCUT2D eigenvalue weighted by molar-refractivity contribution is 7.92. The number of aromatic nitrogens is 1. The highest BCUT2D eigenvalue weighted by atomic mass is 32.2. The van der Waals surface area contributed by atoms with Crippen LogP contribution in [0.3, 0.4) is 0 Å². The number of nitrogens with zero attached hydrogens (tertiary/aromatic N) is 1. The van der Waals surface area contributed by atoms with Gasteiger partial charge in [-0.1, -0.05) is 32.0 Å². The second kappa shape index (κ2) is 6.36. The van der Waals surface area contributed by atoms with Gasteiger partial charge in [0.2, 0.25) is 5.88 Å². The Kier molecular flexibility index (Phi) is 4.71. The van der Waals surface area contributed by atoms with Gasteiger partial charge >= 0.3 is 0 Å². The molecule has 0 saturated carbocycles. The standard InChI is InChI=1S/C16H20N2O3S/c1-11(2)14-7-5-6-12(3)16(14)18-22(19,20)13-8-9-15(21-4)17-10-13/h5-11,18H,1-4H3. The van der Waals surface area contributed by atoms with Gasteiger partial charge in [0.05, 0.1) is 19.0 Å². The molecule has 0 aliphatic rings. The van der Waals surface area contributed by atoms with Crippen molar-refractivity contribution in [2.45, 2.75) is 31.6 Å². The number of ether oxygens (including phenoxy) is 1. The molecule has 0 saturated heterocycles. The second-order valence-corrected chi connectivity index (χ2v) is 7.02. The molecule has 2 aromatic rings. The van der Waals surface area contributed by atoms with Crippen LogP contribution in [0.25, 0.3) is 0 Å². The Morgan fingerprint density at radius 1 is 1.18 bits per heavy atom. The summed E-state index contributed by atoms with van der Waals surface area (Å²) in [5.41, 5.74) is 2.48. The van der Waals surface area contributed by atoms with E-state index in [1.807, 2.05) is 39.0 Å². The van der Waals surface area contributed by atoms with Gasteiger partial charge in [-0.25, -0.2) is 13.4 Å². The third kappa shape index (κ3) is 3.39. The van der Waals surface area contributed by atoms with Crippen molar-refractivity contribution in [1.29, 1.82) is 0 Å². The number of nitrogens with one attached hydrogen (secondary N) is 1. The first-order chi connectivity index (χ1) is 10.3. The van der Waals surface area contributed by atoms with Crippen LogP contribution in [0.4, 0.5) is 5.69 Å².